The highest BCUT2D eigenvalue weighted by atomic mass is 32.2. The number of nitrogens with one attached hydrogen (secondary N) is 1. The average molecular weight is 657 g/mol. The van der Waals surface area contributed by atoms with Crippen molar-refractivity contribution < 1.29 is 27.1 Å². The Balaban J connectivity index is 1.20. The van der Waals surface area contributed by atoms with Gasteiger partial charge in [0.05, 0.1) is 17.1 Å². The number of hydrogen-bond acceptors (Lipinski definition) is 6. The lowest BCUT2D eigenvalue weighted by molar-refractivity contribution is -0.274. The lowest BCUT2D eigenvalue weighted by Gasteiger charge is -2.22. The second-order valence-corrected chi connectivity index (χ2v) is 11.8. The maximum absolute atomic E-state index is 15.0. The van der Waals surface area contributed by atoms with Crippen LogP contribution in [-0.2, 0) is 11.2 Å². The van der Waals surface area contributed by atoms with Gasteiger partial charge in [0.2, 0.25) is 5.91 Å². The van der Waals surface area contributed by atoms with Crippen LogP contribution in [0.3, 0.4) is 0 Å². The number of ether oxygens (including phenoxy) is 1. The molecule has 0 bridgehead atoms. The molecule has 0 spiro atoms. The van der Waals surface area contributed by atoms with Crippen LogP contribution < -0.4 is 15.0 Å². The third-order valence-electron chi connectivity index (χ3n) is 6.75. The Kier molecular flexibility index (Phi) is 9.53. The van der Waals surface area contributed by atoms with Crippen molar-refractivity contribution >= 4 is 45.9 Å². The summed E-state index contributed by atoms with van der Waals surface area (Å²) in [4.78, 5) is 23.0. The van der Waals surface area contributed by atoms with Gasteiger partial charge in [0, 0.05) is 12.0 Å². The molecule has 1 unspecified atom stereocenters. The van der Waals surface area contributed by atoms with Crippen molar-refractivity contribution in [3.05, 3.63) is 89.7 Å². The molecule has 1 amide bonds. The monoisotopic (exact) mass is 656 g/mol. The molecule has 1 aliphatic heterocycles. The van der Waals surface area contributed by atoms with E-state index in [2.05, 4.69) is 39.0 Å². The summed E-state index contributed by atoms with van der Waals surface area (Å²) in [5, 5.41) is 7.32. The minimum Gasteiger partial charge on any atom is -0.406 e. The van der Waals surface area contributed by atoms with E-state index in [-0.39, 0.29) is 34.9 Å². The Labute approximate surface area is 266 Å². The molecule has 0 saturated carbocycles. The number of alkyl halides is 4. The number of rotatable bonds is 8. The van der Waals surface area contributed by atoms with Gasteiger partial charge in [-0.15, -0.1) is 18.3 Å². The quantitative estimate of drug-likeness (QED) is 0.123. The zero-order valence-corrected chi connectivity index (χ0v) is 26.0. The van der Waals surface area contributed by atoms with Gasteiger partial charge in [0.25, 0.3) is 0 Å². The van der Waals surface area contributed by atoms with Gasteiger partial charge in [-0.3, -0.25) is 9.69 Å². The van der Waals surface area contributed by atoms with Gasteiger partial charge in [0.1, 0.15) is 12.1 Å². The molecule has 1 fully saturated rings. The average Bonchev–Trinajstić information content (AvgIpc) is 3.60. The minimum absolute atomic E-state index is 0.00462. The number of hydrogen-bond donors (Lipinski definition) is 1. The second kappa shape index (κ2) is 13.4. The zero-order valence-electron chi connectivity index (χ0n) is 24.4. The summed E-state index contributed by atoms with van der Waals surface area (Å²) in [5.41, 5.74) is 4.61. The van der Waals surface area contributed by atoms with E-state index in [9.17, 15) is 18.0 Å². The predicted molar refractivity (Wildman–Crippen MR) is 170 cm³/mol. The molecule has 14 heteroatoms. The number of aryl methyl sites for hydroxylation is 1. The summed E-state index contributed by atoms with van der Waals surface area (Å²) < 4.78 is 57.5. The summed E-state index contributed by atoms with van der Waals surface area (Å²) >= 11 is 6.58. The molecule has 1 N–H and O–H groups in total. The van der Waals surface area contributed by atoms with Crippen LogP contribution in [-0.4, -0.2) is 49.4 Å². The van der Waals surface area contributed by atoms with E-state index in [1.807, 2.05) is 25.1 Å². The first-order chi connectivity index (χ1) is 21.4. The van der Waals surface area contributed by atoms with Gasteiger partial charge in [-0.1, -0.05) is 62.0 Å². The summed E-state index contributed by atoms with van der Waals surface area (Å²) in [5.74, 6) is 0.327. The summed E-state index contributed by atoms with van der Waals surface area (Å²) in [6.45, 7) is 6.06. The molecule has 1 saturated heterocycles. The van der Waals surface area contributed by atoms with Gasteiger partial charge in [-0.05, 0) is 72.1 Å². The molecule has 0 aliphatic carbocycles. The van der Waals surface area contributed by atoms with Crippen molar-refractivity contribution in [2.75, 3.05) is 10.7 Å². The van der Waals surface area contributed by atoms with Crippen molar-refractivity contribution in [3.8, 4) is 22.8 Å². The highest BCUT2D eigenvalue weighted by Crippen LogP contribution is 2.34. The van der Waals surface area contributed by atoms with Gasteiger partial charge in [0.15, 0.2) is 22.4 Å². The fourth-order valence-electron chi connectivity index (χ4n) is 4.64. The van der Waals surface area contributed by atoms with Gasteiger partial charge < -0.3 is 10.1 Å². The van der Waals surface area contributed by atoms with Crippen LogP contribution in [0.1, 0.15) is 36.5 Å². The number of benzene rings is 3. The van der Waals surface area contributed by atoms with E-state index in [4.69, 9.17) is 12.2 Å². The van der Waals surface area contributed by atoms with Gasteiger partial charge >= 0.3 is 6.36 Å². The Morgan fingerprint density at radius 1 is 1.11 bits per heavy atom. The Hall–Kier alpha value is -4.30. The minimum atomic E-state index is -4.77. The predicted octanol–water partition coefficient (Wildman–Crippen LogP) is 7.11. The van der Waals surface area contributed by atoms with Crippen LogP contribution in [0.2, 0.25) is 0 Å². The number of nitrogens with zero attached hydrogens (tertiary/aromatic N) is 5. The number of aromatic nitrogens is 3. The Morgan fingerprint density at radius 3 is 2.49 bits per heavy atom. The standard InChI is InChI=1S/C31H28F4N6O2S2/c1-18(2)24-13-4-19(3)14-25(24)41-27(42)16-45-30(41)38-29(44)37-26(32)15-20-5-7-21(8-6-20)28-36-17-40(39-28)22-9-11-23(12-10-22)43-31(33,34)35/h4-14,17-18,26H,15-16H2,1-3H3,(H,37,44). The molecule has 1 aliphatic rings. The molecule has 3 aromatic carbocycles. The van der Waals surface area contributed by atoms with Crippen molar-refractivity contribution in [3.63, 3.8) is 0 Å². The maximum atomic E-state index is 15.0. The van der Waals surface area contributed by atoms with Crippen molar-refractivity contribution in [1.82, 2.24) is 20.1 Å². The lowest BCUT2D eigenvalue weighted by atomic mass is 9.99. The number of amides is 1. The fraction of sp³-hybridized carbons (Fsp3) is 0.258. The van der Waals surface area contributed by atoms with Gasteiger partial charge in [-0.2, -0.15) is 4.99 Å². The molecule has 45 heavy (non-hydrogen) atoms. The molecule has 4 aromatic rings. The van der Waals surface area contributed by atoms with Crippen molar-refractivity contribution in [2.24, 2.45) is 4.99 Å². The maximum Gasteiger partial charge on any atom is 0.573 e. The molecular weight excluding hydrogens is 629 g/mol. The van der Waals surface area contributed by atoms with Crippen molar-refractivity contribution in [2.45, 2.75) is 45.8 Å². The van der Waals surface area contributed by atoms with Crippen LogP contribution in [0.15, 0.2) is 78.0 Å². The normalized spacial score (nSPS) is 15.2. The largest absolute Gasteiger partial charge is 0.573 e. The van der Waals surface area contributed by atoms with Crippen LogP contribution in [0.5, 0.6) is 5.75 Å². The zero-order chi connectivity index (χ0) is 32.3. The third kappa shape index (κ3) is 8.05. The lowest BCUT2D eigenvalue weighted by Crippen LogP contribution is -2.34. The molecule has 8 nitrogen and oxygen atoms in total. The number of anilines is 1. The molecule has 0 radical (unpaired) electrons. The topological polar surface area (TPSA) is 84.6 Å². The summed E-state index contributed by atoms with van der Waals surface area (Å²) in [6, 6.07) is 18.1. The van der Waals surface area contributed by atoms with Crippen molar-refractivity contribution in [1.29, 1.82) is 0 Å². The highest BCUT2D eigenvalue weighted by Gasteiger charge is 2.32. The van der Waals surface area contributed by atoms with Crippen LogP contribution in [0.25, 0.3) is 17.1 Å². The molecule has 2 heterocycles. The molecular formula is C31H28F4N6O2S2. The van der Waals surface area contributed by atoms with Gasteiger partial charge in [-0.25, -0.2) is 14.1 Å². The first kappa shape index (κ1) is 32.1. The molecule has 234 valence electrons. The number of carbonyl (C=O) groups excluding carboxylic acids is 1. The van der Waals surface area contributed by atoms with E-state index in [1.165, 1.54) is 47.0 Å². The van der Waals surface area contributed by atoms with E-state index in [1.54, 1.807) is 29.2 Å². The Morgan fingerprint density at radius 2 is 1.82 bits per heavy atom. The third-order valence-corrected chi connectivity index (χ3v) is 7.88. The highest BCUT2D eigenvalue weighted by molar-refractivity contribution is 8.15. The fourth-order valence-corrected chi connectivity index (χ4v) is 5.78. The van der Waals surface area contributed by atoms with Crippen LogP contribution >= 0.6 is 24.0 Å². The van der Waals surface area contributed by atoms with Crippen LogP contribution in [0.4, 0.5) is 23.2 Å². The van der Waals surface area contributed by atoms with Crippen LogP contribution in [0, 0.1) is 6.92 Å². The first-order valence-corrected chi connectivity index (χ1v) is 15.2. The number of amidine groups is 1. The van der Waals surface area contributed by atoms with E-state index in [0.717, 1.165) is 16.8 Å². The number of thioether (sulfide) groups is 1. The first-order valence-electron chi connectivity index (χ1n) is 13.8. The number of thiocarbonyl (C=S) groups is 1. The van der Waals surface area contributed by atoms with E-state index < -0.39 is 12.7 Å². The van der Waals surface area contributed by atoms with E-state index in [0.29, 0.717) is 27.8 Å². The summed E-state index contributed by atoms with van der Waals surface area (Å²) in [7, 11) is 0. The number of halogens is 4. The smallest absolute Gasteiger partial charge is 0.406 e. The molecule has 1 atom stereocenters. The number of carbonyl (C=O) groups is 1. The summed E-state index contributed by atoms with van der Waals surface area (Å²) in [6.07, 6.45) is -4.86. The Bertz CT molecular complexity index is 1720. The molecule has 5 rings (SSSR count). The second-order valence-electron chi connectivity index (χ2n) is 10.5. The molecule has 1 aromatic heterocycles. The van der Waals surface area contributed by atoms with E-state index >= 15 is 4.39 Å². The number of aliphatic imine (C=N–C) groups is 1. The SMILES string of the molecule is Cc1ccc(C(C)C)c(N2C(=O)CSC2=NC(=S)NC(F)Cc2ccc(-c3ncn(-c4ccc(OC(F)(F)F)cc4)n3)cc2)c1.